The van der Waals surface area contributed by atoms with Gasteiger partial charge in [0.2, 0.25) is 0 Å². The first-order chi connectivity index (χ1) is 2.77. The Morgan fingerprint density at radius 1 is 2.00 bits per heavy atom. The van der Waals surface area contributed by atoms with Gasteiger partial charge in [-0.05, 0) is 13.3 Å². The Morgan fingerprint density at radius 2 is 2.50 bits per heavy atom. The van der Waals surface area contributed by atoms with Crippen LogP contribution in [0.1, 0.15) is 13.3 Å². The fraction of sp³-hybridized carbons (Fsp3) is 0.400. The molecule has 0 heterocycles. The fourth-order valence-electron chi connectivity index (χ4n) is 0.156. The van der Waals surface area contributed by atoms with Crippen molar-refractivity contribution >= 4 is 0 Å². The van der Waals surface area contributed by atoms with Crippen molar-refractivity contribution in [2.75, 3.05) is 0 Å². The quantitative estimate of drug-likeness (QED) is 0.503. The van der Waals surface area contributed by atoms with E-state index in [0.717, 1.165) is 12.2 Å². The molecule has 0 bridgehead atoms. The summed E-state index contributed by atoms with van der Waals surface area (Å²) in [6.45, 7) is 6.52. The van der Waals surface area contributed by atoms with E-state index in [2.05, 4.69) is 6.58 Å². The van der Waals surface area contributed by atoms with Crippen molar-refractivity contribution in [1.82, 2.24) is 0 Å². The van der Waals surface area contributed by atoms with Crippen molar-refractivity contribution in [3.8, 4) is 0 Å². The highest BCUT2D eigenvalue weighted by Gasteiger charge is 1.78. The van der Waals surface area contributed by atoms with Gasteiger partial charge in [-0.3, -0.25) is 0 Å². The van der Waals surface area contributed by atoms with Gasteiger partial charge in [0.05, 0.1) is 6.61 Å². The van der Waals surface area contributed by atoms with Gasteiger partial charge in [0, 0.05) is 0 Å². The Labute approximate surface area is 38.3 Å². The molecule has 0 aliphatic rings. The minimum Gasteiger partial charge on any atom is -0.390 e. The molecule has 0 unspecified atom stereocenters. The molecule has 0 atom stereocenters. The summed E-state index contributed by atoms with van der Waals surface area (Å²) in [6, 6.07) is 0. The SMILES string of the molecule is C=C(C)C[CH]O. The maximum atomic E-state index is 8.05. The van der Waals surface area contributed by atoms with Gasteiger partial charge >= 0.3 is 0 Å². The van der Waals surface area contributed by atoms with E-state index >= 15 is 0 Å². The van der Waals surface area contributed by atoms with Crippen LogP contribution in [-0.2, 0) is 0 Å². The van der Waals surface area contributed by atoms with Crippen LogP contribution in [0.15, 0.2) is 12.2 Å². The van der Waals surface area contributed by atoms with Crippen LogP contribution < -0.4 is 0 Å². The van der Waals surface area contributed by atoms with Crippen LogP contribution in [0.2, 0.25) is 0 Å². The molecule has 0 aromatic heterocycles. The summed E-state index contributed by atoms with van der Waals surface area (Å²) >= 11 is 0. The van der Waals surface area contributed by atoms with Crippen LogP contribution in [0.3, 0.4) is 0 Å². The number of hydrogen-bond acceptors (Lipinski definition) is 1. The molecular formula is C5H9O. The number of rotatable bonds is 2. The maximum Gasteiger partial charge on any atom is 0.0839 e. The lowest BCUT2D eigenvalue weighted by Crippen LogP contribution is -1.71. The summed E-state index contributed by atoms with van der Waals surface area (Å²) in [5.41, 5.74) is 0.984. The van der Waals surface area contributed by atoms with Crippen molar-refractivity contribution in [1.29, 1.82) is 0 Å². The zero-order chi connectivity index (χ0) is 4.99. The van der Waals surface area contributed by atoms with Crippen LogP contribution in [0.5, 0.6) is 0 Å². The van der Waals surface area contributed by atoms with Gasteiger partial charge in [0.1, 0.15) is 0 Å². The predicted molar refractivity (Wildman–Crippen MR) is 25.7 cm³/mol. The number of hydrogen-bond donors (Lipinski definition) is 1. The summed E-state index contributed by atoms with van der Waals surface area (Å²) in [6.07, 6.45) is 0.611. The normalized spacial score (nSPS) is 8.33. The van der Waals surface area contributed by atoms with Crippen LogP contribution >= 0.6 is 0 Å². The Hall–Kier alpha value is -0.300. The van der Waals surface area contributed by atoms with E-state index in [0.29, 0.717) is 6.42 Å². The Bertz CT molecular complexity index is 47.9. The molecule has 0 aromatic carbocycles. The van der Waals surface area contributed by atoms with Gasteiger partial charge in [-0.25, -0.2) is 0 Å². The second kappa shape index (κ2) is 2.91. The second-order valence-corrected chi connectivity index (χ2v) is 1.34. The molecule has 1 heteroatoms. The molecule has 0 saturated heterocycles. The Kier molecular flexibility index (Phi) is 2.77. The van der Waals surface area contributed by atoms with E-state index in [9.17, 15) is 0 Å². The van der Waals surface area contributed by atoms with E-state index in [1.165, 1.54) is 0 Å². The lowest BCUT2D eigenvalue weighted by atomic mass is 10.3. The lowest BCUT2D eigenvalue weighted by Gasteiger charge is -1.86. The maximum absolute atomic E-state index is 8.05. The molecule has 0 aliphatic heterocycles. The van der Waals surface area contributed by atoms with E-state index in [-0.39, 0.29) is 0 Å². The third kappa shape index (κ3) is 3.70. The van der Waals surface area contributed by atoms with Crippen LogP contribution in [0.25, 0.3) is 0 Å². The van der Waals surface area contributed by atoms with Gasteiger partial charge in [0.15, 0.2) is 0 Å². The summed E-state index contributed by atoms with van der Waals surface area (Å²) < 4.78 is 0. The zero-order valence-corrected chi connectivity index (χ0v) is 3.94. The summed E-state index contributed by atoms with van der Waals surface area (Å²) in [4.78, 5) is 0. The van der Waals surface area contributed by atoms with Gasteiger partial charge in [0.25, 0.3) is 0 Å². The van der Waals surface area contributed by atoms with E-state index < -0.39 is 0 Å². The predicted octanol–water partition coefficient (Wildman–Crippen LogP) is 1.49. The Balaban J connectivity index is 2.83. The van der Waals surface area contributed by atoms with Crippen LogP contribution in [-0.4, -0.2) is 5.11 Å². The average Bonchev–Trinajstić information content (AvgIpc) is 1.35. The highest BCUT2D eigenvalue weighted by molar-refractivity contribution is 4.89. The molecule has 1 N–H and O–H groups in total. The zero-order valence-electron chi connectivity index (χ0n) is 3.94. The fourth-order valence-corrected chi connectivity index (χ4v) is 0.156. The highest BCUT2D eigenvalue weighted by Crippen LogP contribution is 1.93. The smallest absolute Gasteiger partial charge is 0.0839 e. The molecule has 6 heavy (non-hydrogen) atoms. The highest BCUT2D eigenvalue weighted by atomic mass is 16.2. The largest absolute Gasteiger partial charge is 0.390 e. The first-order valence-corrected chi connectivity index (χ1v) is 1.87. The molecule has 0 rings (SSSR count). The number of aliphatic hydroxyl groups is 1. The van der Waals surface area contributed by atoms with E-state index in [4.69, 9.17) is 5.11 Å². The number of aliphatic hydroxyl groups excluding tert-OH is 1. The molecule has 0 saturated carbocycles. The monoisotopic (exact) mass is 85.1 g/mol. The molecule has 0 amide bonds. The summed E-state index contributed by atoms with van der Waals surface area (Å²) in [5.74, 6) is 0. The van der Waals surface area contributed by atoms with Gasteiger partial charge in [-0.1, -0.05) is 5.57 Å². The third-order valence-corrected chi connectivity index (χ3v) is 0.440. The van der Waals surface area contributed by atoms with Gasteiger partial charge in [-0.15, -0.1) is 6.58 Å². The summed E-state index contributed by atoms with van der Waals surface area (Å²) in [7, 11) is 0. The first-order valence-electron chi connectivity index (χ1n) is 1.87. The minimum atomic E-state index is 0.611. The molecule has 0 aliphatic carbocycles. The molecular weight excluding hydrogens is 76.1 g/mol. The van der Waals surface area contributed by atoms with Crippen LogP contribution in [0.4, 0.5) is 0 Å². The van der Waals surface area contributed by atoms with Gasteiger partial charge in [-0.2, -0.15) is 0 Å². The molecule has 0 fully saturated rings. The van der Waals surface area contributed by atoms with Crippen molar-refractivity contribution < 1.29 is 5.11 Å². The van der Waals surface area contributed by atoms with Crippen LogP contribution in [0, 0.1) is 6.61 Å². The first kappa shape index (κ1) is 5.70. The van der Waals surface area contributed by atoms with Gasteiger partial charge < -0.3 is 5.11 Å². The molecule has 1 radical (unpaired) electrons. The standard InChI is InChI=1S/C5H9O/c1-5(2)3-4-6/h4,6H,1,3H2,2H3. The van der Waals surface area contributed by atoms with E-state index in [1.807, 2.05) is 6.92 Å². The van der Waals surface area contributed by atoms with Crippen molar-refractivity contribution in [3.05, 3.63) is 18.8 Å². The minimum absolute atomic E-state index is 0.611. The lowest BCUT2D eigenvalue weighted by molar-refractivity contribution is 0.385. The molecule has 1 nitrogen and oxygen atoms in total. The third-order valence-electron chi connectivity index (χ3n) is 0.440. The van der Waals surface area contributed by atoms with Crippen molar-refractivity contribution in [2.24, 2.45) is 0 Å². The second-order valence-electron chi connectivity index (χ2n) is 1.34. The molecule has 35 valence electrons. The summed E-state index contributed by atoms with van der Waals surface area (Å²) in [5, 5.41) is 8.05. The van der Waals surface area contributed by atoms with Crippen molar-refractivity contribution in [2.45, 2.75) is 13.3 Å². The molecule has 0 spiro atoms. The topological polar surface area (TPSA) is 20.2 Å². The Morgan fingerprint density at radius 3 is 2.50 bits per heavy atom. The molecule has 0 aromatic rings. The van der Waals surface area contributed by atoms with Crippen molar-refractivity contribution in [3.63, 3.8) is 0 Å². The average molecular weight is 85.1 g/mol. The van der Waals surface area contributed by atoms with E-state index in [1.54, 1.807) is 0 Å².